The van der Waals surface area contributed by atoms with Gasteiger partial charge in [0.1, 0.15) is 11.2 Å². The molecule has 1 aliphatic heterocycles. The third-order valence-electron chi connectivity index (χ3n) is 11.3. The number of ether oxygens (including phenoxy) is 1. The number of furan rings is 1. The van der Waals surface area contributed by atoms with Gasteiger partial charge in [-0.15, -0.1) is 0 Å². The van der Waals surface area contributed by atoms with Crippen LogP contribution in [0.1, 0.15) is 29.5 Å². The zero-order valence-electron chi connectivity index (χ0n) is 28.7. The molecule has 0 atom stereocenters. The molecule has 2 nitrogen and oxygen atoms in total. The molecule has 0 saturated carbocycles. The van der Waals surface area contributed by atoms with Gasteiger partial charge in [-0.2, -0.15) is 0 Å². The molecule has 9 aromatic rings. The first-order valence-electron chi connectivity index (χ1n) is 18.3. The number of fused-ring (bicyclic) bond motifs is 7. The molecular weight excluding hydrogens is 633 g/mol. The second kappa shape index (κ2) is 11.6. The van der Waals surface area contributed by atoms with Crippen LogP contribution in [0.4, 0.5) is 0 Å². The van der Waals surface area contributed by atoms with Crippen molar-refractivity contribution in [2.45, 2.75) is 19.3 Å². The van der Waals surface area contributed by atoms with E-state index in [2.05, 4.69) is 152 Å². The van der Waals surface area contributed by atoms with E-state index in [1.807, 2.05) is 6.26 Å². The van der Waals surface area contributed by atoms with Crippen molar-refractivity contribution in [1.82, 2.24) is 0 Å². The zero-order valence-corrected chi connectivity index (χ0v) is 28.7. The Labute approximate surface area is 301 Å². The number of benzene rings is 8. The van der Waals surface area contributed by atoms with E-state index >= 15 is 0 Å². The Morgan fingerprint density at radius 1 is 0.462 bits per heavy atom. The van der Waals surface area contributed by atoms with Crippen molar-refractivity contribution in [3.05, 3.63) is 169 Å². The summed E-state index contributed by atoms with van der Waals surface area (Å²) < 4.78 is 12.6. The largest absolute Gasteiger partial charge is 0.501 e. The molecule has 8 aromatic carbocycles. The summed E-state index contributed by atoms with van der Waals surface area (Å²) in [5.74, 6) is 0. The molecule has 2 heteroatoms. The van der Waals surface area contributed by atoms with Gasteiger partial charge >= 0.3 is 0 Å². The van der Waals surface area contributed by atoms with Crippen LogP contribution >= 0.6 is 0 Å². The van der Waals surface area contributed by atoms with Gasteiger partial charge in [-0.1, -0.05) is 133 Å². The summed E-state index contributed by atoms with van der Waals surface area (Å²) in [6, 6.07) is 50.9. The lowest BCUT2D eigenvalue weighted by Crippen LogP contribution is -2.04. The van der Waals surface area contributed by atoms with Crippen molar-refractivity contribution in [3.63, 3.8) is 0 Å². The number of hydrogen-bond acceptors (Lipinski definition) is 2. The van der Waals surface area contributed by atoms with Gasteiger partial charge in [-0.3, -0.25) is 0 Å². The Morgan fingerprint density at radius 2 is 1.12 bits per heavy atom. The maximum Gasteiger partial charge on any atom is 0.136 e. The molecule has 246 valence electrons. The van der Waals surface area contributed by atoms with Gasteiger partial charge in [-0.05, 0) is 119 Å². The van der Waals surface area contributed by atoms with E-state index in [9.17, 15) is 0 Å². The molecular formula is C50H34O2. The molecule has 1 aromatic heterocycles. The average Bonchev–Trinajstić information content (AvgIpc) is 3.87. The van der Waals surface area contributed by atoms with Crippen LogP contribution in [-0.4, -0.2) is 6.61 Å². The van der Waals surface area contributed by atoms with Gasteiger partial charge in [-0.25, -0.2) is 0 Å². The van der Waals surface area contributed by atoms with Crippen LogP contribution in [0.5, 0.6) is 0 Å². The number of allylic oxidation sites excluding steroid dienone is 1. The van der Waals surface area contributed by atoms with E-state index in [0.29, 0.717) is 0 Å². The predicted octanol–water partition coefficient (Wildman–Crippen LogP) is 13.8. The number of hydrogen-bond donors (Lipinski definition) is 0. The summed E-state index contributed by atoms with van der Waals surface area (Å²) in [6.07, 6.45) is 9.63. The van der Waals surface area contributed by atoms with Crippen LogP contribution in [0, 0.1) is 0 Å². The van der Waals surface area contributed by atoms with Crippen molar-refractivity contribution in [3.8, 4) is 33.4 Å². The predicted molar refractivity (Wildman–Crippen MR) is 218 cm³/mol. The summed E-state index contributed by atoms with van der Waals surface area (Å²) in [7, 11) is 0. The SMILES string of the molecule is C1=Cc2c(c(-c3ccc4c(c3)oc3cccc(-c5c6ccccc6c(-c6ccccc6)c6ccccc56)c34)c3ccccc3c2C2=COCC2)CC1. The molecule has 11 rings (SSSR count). The Bertz CT molecular complexity index is 2920. The third-order valence-corrected chi connectivity index (χ3v) is 11.3. The fourth-order valence-corrected chi connectivity index (χ4v) is 9.16. The minimum atomic E-state index is 0.747. The zero-order chi connectivity index (χ0) is 34.2. The molecule has 0 radical (unpaired) electrons. The van der Waals surface area contributed by atoms with E-state index in [0.717, 1.165) is 47.8 Å². The van der Waals surface area contributed by atoms with Crippen molar-refractivity contribution >= 4 is 65.9 Å². The van der Waals surface area contributed by atoms with Crippen molar-refractivity contribution < 1.29 is 9.15 Å². The third kappa shape index (κ3) is 4.31. The Hall–Kier alpha value is -6.38. The lowest BCUT2D eigenvalue weighted by atomic mass is 9.80. The first-order chi connectivity index (χ1) is 25.8. The van der Waals surface area contributed by atoms with Gasteiger partial charge in [0.05, 0.1) is 12.9 Å². The van der Waals surface area contributed by atoms with Crippen LogP contribution in [0.2, 0.25) is 0 Å². The second-order valence-corrected chi connectivity index (χ2v) is 14.1. The highest BCUT2D eigenvalue weighted by Crippen LogP contribution is 2.49. The molecule has 1 aliphatic carbocycles. The van der Waals surface area contributed by atoms with Crippen LogP contribution in [0.15, 0.2) is 156 Å². The maximum absolute atomic E-state index is 6.82. The van der Waals surface area contributed by atoms with Crippen molar-refractivity contribution in [2.24, 2.45) is 0 Å². The Kier molecular flexibility index (Phi) is 6.54. The van der Waals surface area contributed by atoms with Crippen molar-refractivity contribution in [1.29, 1.82) is 0 Å². The summed E-state index contributed by atoms with van der Waals surface area (Å²) >= 11 is 0. The van der Waals surface area contributed by atoms with Crippen LogP contribution in [0.3, 0.4) is 0 Å². The lowest BCUT2D eigenvalue weighted by Gasteiger charge is -2.23. The summed E-state index contributed by atoms with van der Waals surface area (Å²) in [6.45, 7) is 0.747. The minimum absolute atomic E-state index is 0.747. The molecule has 0 spiro atoms. The molecule has 52 heavy (non-hydrogen) atoms. The van der Waals surface area contributed by atoms with Crippen LogP contribution < -0.4 is 0 Å². The standard InChI is InChI=1S/C50H34O2/c1-2-13-31(14-3-1)46-38-19-8-10-21-40(38)49(41-22-11-9-20-39(41)46)43-23-12-24-44-50(43)42-26-25-32(29-45(42)52-44)47-34-15-4-6-17-36(34)48(33-27-28-51-30-33)37-18-7-5-16-35(37)47/h1-4,6-15,17-26,29-30H,5,16,27-28H2. The molecule has 2 aliphatic rings. The normalized spacial score (nSPS) is 14.0. The van der Waals surface area contributed by atoms with Gasteiger partial charge < -0.3 is 9.15 Å². The fraction of sp³-hybridized carbons (Fsp3) is 0.0800. The smallest absolute Gasteiger partial charge is 0.136 e. The lowest BCUT2D eigenvalue weighted by molar-refractivity contribution is 0.281. The minimum Gasteiger partial charge on any atom is -0.501 e. The fourth-order valence-electron chi connectivity index (χ4n) is 9.16. The molecule has 0 unspecified atom stereocenters. The number of rotatable bonds is 4. The van der Waals surface area contributed by atoms with Gasteiger partial charge in [0, 0.05) is 17.2 Å². The highest BCUT2D eigenvalue weighted by atomic mass is 16.5. The summed E-state index contributed by atoms with van der Waals surface area (Å²) in [5.41, 5.74) is 14.6. The summed E-state index contributed by atoms with van der Waals surface area (Å²) in [5, 5.41) is 9.85. The molecule has 0 N–H and O–H groups in total. The molecule has 0 fully saturated rings. The van der Waals surface area contributed by atoms with Gasteiger partial charge in [0.15, 0.2) is 0 Å². The first kappa shape index (κ1) is 29.4. The van der Waals surface area contributed by atoms with E-state index in [-0.39, 0.29) is 0 Å². The first-order valence-corrected chi connectivity index (χ1v) is 18.3. The van der Waals surface area contributed by atoms with Gasteiger partial charge in [0.2, 0.25) is 0 Å². The summed E-state index contributed by atoms with van der Waals surface area (Å²) in [4.78, 5) is 0. The topological polar surface area (TPSA) is 22.4 Å². The Morgan fingerprint density at radius 3 is 1.81 bits per heavy atom. The van der Waals surface area contributed by atoms with Crippen molar-refractivity contribution in [2.75, 3.05) is 6.61 Å². The second-order valence-electron chi connectivity index (χ2n) is 14.1. The average molecular weight is 667 g/mol. The molecule has 0 saturated heterocycles. The molecule has 0 bridgehead atoms. The van der Waals surface area contributed by atoms with E-state index in [1.54, 1.807) is 0 Å². The molecule has 2 heterocycles. The highest BCUT2D eigenvalue weighted by molar-refractivity contribution is 6.25. The van der Waals surface area contributed by atoms with E-state index < -0.39 is 0 Å². The van der Waals surface area contributed by atoms with E-state index in [4.69, 9.17) is 9.15 Å². The van der Waals surface area contributed by atoms with Crippen LogP contribution in [0.25, 0.3) is 99.3 Å². The molecule has 0 amide bonds. The maximum atomic E-state index is 6.82. The van der Waals surface area contributed by atoms with Crippen LogP contribution in [-0.2, 0) is 11.2 Å². The quantitative estimate of drug-likeness (QED) is 0.174. The van der Waals surface area contributed by atoms with Gasteiger partial charge in [0.25, 0.3) is 0 Å². The Balaban J connectivity index is 1.17. The highest BCUT2D eigenvalue weighted by Gasteiger charge is 2.25. The monoisotopic (exact) mass is 666 g/mol. The van der Waals surface area contributed by atoms with E-state index in [1.165, 1.54) is 88.0 Å².